The van der Waals surface area contributed by atoms with Crippen molar-refractivity contribution in [2.75, 3.05) is 20.2 Å². The van der Waals surface area contributed by atoms with Crippen LogP contribution in [0.1, 0.15) is 22.2 Å². The fourth-order valence-corrected chi connectivity index (χ4v) is 5.45. The summed E-state index contributed by atoms with van der Waals surface area (Å²) < 4.78 is 31.4. The van der Waals surface area contributed by atoms with E-state index in [0.717, 1.165) is 15.6 Å². The highest BCUT2D eigenvalue weighted by molar-refractivity contribution is 7.89. The third-order valence-electron chi connectivity index (χ3n) is 3.30. The van der Waals surface area contributed by atoms with Crippen LogP contribution < -0.4 is 5.32 Å². The Labute approximate surface area is 126 Å². The molecule has 1 saturated heterocycles. The van der Waals surface area contributed by atoms with Gasteiger partial charge in [-0.2, -0.15) is 4.31 Å². The van der Waals surface area contributed by atoms with Gasteiger partial charge < -0.3 is 10.1 Å². The van der Waals surface area contributed by atoms with Gasteiger partial charge in [0.15, 0.2) is 0 Å². The highest BCUT2D eigenvalue weighted by atomic mass is 32.2. The molecule has 116 valence electrons. The van der Waals surface area contributed by atoms with Crippen molar-refractivity contribution in [2.24, 2.45) is 0 Å². The van der Waals surface area contributed by atoms with Gasteiger partial charge in [0.05, 0.1) is 7.11 Å². The van der Waals surface area contributed by atoms with Crippen LogP contribution in [0.25, 0.3) is 0 Å². The van der Waals surface area contributed by atoms with E-state index in [-0.39, 0.29) is 28.8 Å². The van der Waals surface area contributed by atoms with Crippen molar-refractivity contribution in [3.05, 3.63) is 15.8 Å². The van der Waals surface area contributed by atoms with Crippen molar-refractivity contribution in [1.29, 1.82) is 0 Å². The molecule has 0 saturated carbocycles. The minimum atomic E-state index is -3.94. The molecular weight excluding hydrogens is 316 g/mol. The molecule has 1 amide bonds. The molecule has 1 aromatic rings. The summed E-state index contributed by atoms with van der Waals surface area (Å²) in [5, 5.41) is 4.20. The van der Waals surface area contributed by atoms with E-state index in [0.29, 0.717) is 5.56 Å². The molecule has 1 N–H and O–H groups in total. The summed E-state index contributed by atoms with van der Waals surface area (Å²) in [4.78, 5) is 23.4. The average Bonchev–Trinajstić information content (AvgIpc) is 2.83. The first-order chi connectivity index (χ1) is 9.80. The number of nitrogens with one attached hydrogen (secondary N) is 1. The maximum absolute atomic E-state index is 12.8. The number of hydrogen-bond acceptors (Lipinski definition) is 6. The first-order valence-electron chi connectivity index (χ1n) is 6.26. The molecule has 1 aromatic heterocycles. The summed E-state index contributed by atoms with van der Waals surface area (Å²) in [5.41, 5.74) is 0.471. The Kier molecular flexibility index (Phi) is 4.35. The molecule has 0 aliphatic carbocycles. The molecule has 2 rings (SSSR count). The number of esters is 1. The number of thiophene rings is 1. The standard InChI is InChI=1S/C12H16N2O5S2/c1-7-6-20-9(12(16)19-3)10(7)21(17,18)14-5-4-13-11(15)8(14)2/h6,8H,4-5H2,1-3H3,(H,13,15). The minimum Gasteiger partial charge on any atom is -0.465 e. The first kappa shape index (κ1) is 15.9. The third-order valence-corrected chi connectivity index (χ3v) is 6.66. The van der Waals surface area contributed by atoms with E-state index >= 15 is 0 Å². The van der Waals surface area contributed by atoms with Gasteiger partial charge in [-0.15, -0.1) is 11.3 Å². The van der Waals surface area contributed by atoms with Gasteiger partial charge in [0.1, 0.15) is 15.8 Å². The van der Waals surface area contributed by atoms with Crippen LogP contribution in [0.15, 0.2) is 10.3 Å². The summed E-state index contributed by atoms with van der Waals surface area (Å²) in [7, 11) is -2.74. The number of amides is 1. The van der Waals surface area contributed by atoms with Crippen LogP contribution in [-0.2, 0) is 19.6 Å². The van der Waals surface area contributed by atoms with E-state index in [1.54, 1.807) is 12.3 Å². The predicted octanol–water partition coefficient (Wildman–Crippen LogP) is 0.352. The van der Waals surface area contributed by atoms with Crippen LogP contribution in [0, 0.1) is 6.92 Å². The minimum absolute atomic E-state index is 0.0354. The zero-order chi connectivity index (χ0) is 15.8. The SMILES string of the molecule is COC(=O)c1scc(C)c1S(=O)(=O)N1CCNC(=O)C1C. The molecule has 2 heterocycles. The zero-order valence-electron chi connectivity index (χ0n) is 11.9. The number of hydrogen-bond donors (Lipinski definition) is 1. The van der Waals surface area contributed by atoms with Gasteiger partial charge in [-0.1, -0.05) is 0 Å². The number of piperazine rings is 1. The van der Waals surface area contributed by atoms with Gasteiger partial charge in [-0.25, -0.2) is 13.2 Å². The first-order valence-corrected chi connectivity index (χ1v) is 8.58. The molecule has 0 radical (unpaired) electrons. The number of ether oxygens (including phenoxy) is 1. The topological polar surface area (TPSA) is 92.8 Å². The van der Waals surface area contributed by atoms with Gasteiger partial charge in [0.25, 0.3) is 0 Å². The fourth-order valence-electron chi connectivity index (χ4n) is 2.19. The monoisotopic (exact) mass is 332 g/mol. The molecule has 1 fully saturated rings. The molecule has 9 heteroatoms. The number of sulfonamides is 1. The molecule has 1 aliphatic rings. The van der Waals surface area contributed by atoms with Crippen LogP contribution in [0.4, 0.5) is 0 Å². The van der Waals surface area contributed by atoms with Crippen molar-refractivity contribution in [2.45, 2.75) is 24.8 Å². The van der Waals surface area contributed by atoms with Gasteiger partial charge in [-0.3, -0.25) is 4.79 Å². The Balaban J connectivity index is 2.52. The highest BCUT2D eigenvalue weighted by Gasteiger charge is 2.39. The summed E-state index contributed by atoms with van der Waals surface area (Å²) in [5.74, 6) is -1.04. The Morgan fingerprint density at radius 1 is 1.52 bits per heavy atom. The van der Waals surface area contributed by atoms with Crippen LogP contribution in [0.5, 0.6) is 0 Å². The number of nitrogens with zero attached hydrogens (tertiary/aromatic N) is 1. The second-order valence-corrected chi connectivity index (χ2v) is 7.36. The van der Waals surface area contributed by atoms with Gasteiger partial charge in [0, 0.05) is 13.1 Å². The van der Waals surface area contributed by atoms with Crippen LogP contribution >= 0.6 is 11.3 Å². The van der Waals surface area contributed by atoms with E-state index in [9.17, 15) is 18.0 Å². The molecule has 1 unspecified atom stereocenters. The average molecular weight is 332 g/mol. The summed E-state index contributed by atoms with van der Waals surface area (Å²) >= 11 is 1.02. The summed E-state index contributed by atoms with van der Waals surface area (Å²) in [6, 6.07) is -0.812. The number of carbonyl (C=O) groups excluding carboxylic acids is 2. The van der Waals surface area contributed by atoms with E-state index in [2.05, 4.69) is 10.1 Å². The second kappa shape index (κ2) is 5.74. The number of rotatable bonds is 3. The molecule has 0 bridgehead atoms. The van der Waals surface area contributed by atoms with Crippen LogP contribution in [0.3, 0.4) is 0 Å². The largest absolute Gasteiger partial charge is 0.465 e. The second-order valence-electron chi connectivity index (χ2n) is 4.65. The molecule has 1 aliphatic heterocycles. The van der Waals surface area contributed by atoms with Crippen LogP contribution in [0.2, 0.25) is 0 Å². The lowest BCUT2D eigenvalue weighted by molar-refractivity contribution is -0.126. The highest BCUT2D eigenvalue weighted by Crippen LogP contribution is 2.31. The van der Waals surface area contributed by atoms with Crippen molar-refractivity contribution < 1.29 is 22.7 Å². The lowest BCUT2D eigenvalue weighted by atomic mass is 10.2. The molecular formula is C12H16N2O5S2. The van der Waals surface area contributed by atoms with Crippen molar-refractivity contribution in [3.8, 4) is 0 Å². The van der Waals surface area contributed by atoms with E-state index < -0.39 is 22.0 Å². The van der Waals surface area contributed by atoms with Crippen molar-refractivity contribution in [1.82, 2.24) is 9.62 Å². The number of methoxy groups -OCH3 is 1. The van der Waals surface area contributed by atoms with Crippen LogP contribution in [-0.4, -0.2) is 50.8 Å². The van der Waals surface area contributed by atoms with Gasteiger partial charge in [-0.05, 0) is 24.8 Å². The fraction of sp³-hybridized carbons (Fsp3) is 0.500. The van der Waals surface area contributed by atoms with E-state index in [4.69, 9.17) is 0 Å². The molecule has 0 aromatic carbocycles. The molecule has 1 atom stereocenters. The third kappa shape index (κ3) is 2.68. The molecule has 7 nitrogen and oxygen atoms in total. The zero-order valence-corrected chi connectivity index (χ0v) is 13.5. The molecule has 0 spiro atoms. The lowest BCUT2D eigenvalue weighted by Gasteiger charge is -2.31. The van der Waals surface area contributed by atoms with E-state index in [1.807, 2.05) is 0 Å². The van der Waals surface area contributed by atoms with Gasteiger partial charge >= 0.3 is 5.97 Å². The quantitative estimate of drug-likeness (QED) is 0.807. The van der Waals surface area contributed by atoms with Crippen molar-refractivity contribution in [3.63, 3.8) is 0 Å². The smallest absolute Gasteiger partial charge is 0.349 e. The maximum atomic E-state index is 12.8. The number of carbonyl (C=O) groups is 2. The summed E-state index contributed by atoms with van der Waals surface area (Å²) in [6.07, 6.45) is 0. The Morgan fingerprint density at radius 2 is 2.19 bits per heavy atom. The predicted molar refractivity (Wildman–Crippen MR) is 76.8 cm³/mol. The number of aryl methyl sites for hydroxylation is 1. The normalized spacial score (nSPS) is 20.1. The Hall–Kier alpha value is -1.45. The van der Waals surface area contributed by atoms with Crippen molar-refractivity contribution >= 4 is 33.2 Å². The Morgan fingerprint density at radius 3 is 2.81 bits per heavy atom. The van der Waals surface area contributed by atoms with Gasteiger partial charge in [0.2, 0.25) is 15.9 Å². The maximum Gasteiger partial charge on any atom is 0.349 e. The summed E-state index contributed by atoms with van der Waals surface area (Å²) in [6.45, 7) is 3.56. The lowest BCUT2D eigenvalue weighted by Crippen LogP contribution is -2.55. The Bertz CT molecular complexity index is 680. The van der Waals surface area contributed by atoms with E-state index in [1.165, 1.54) is 14.0 Å². The molecule has 21 heavy (non-hydrogen) atoms.